The highest BCUT2D eigenvalue weighted by Gasteiger charge is 2.01. The van der Waals surface area contributed by atoms with E-state index in [0.29, 0.717) is 6.61 Å². The Hall–Kier alpha value is 0.400. The topological polar surface area (TPSA) is 29.5 Å². The van der Waals surface area contributed by atoms with E-state index in [4.69, 9.17) is 9.84 Å². The lowest BCUT2D eigenvalue weighted by Crippen LogP contribution is -2.15. The lowest BCUT2D eigenvalue weighted by Gasteiger charge is -2.10. The Kier molecular flexibility index (Phi) is 6.81. The lowest BCUT2D eigenvalue weighted by atomic mass is 10.3. The molecule has 0 radical (unpaired) electrons. The van der Waals surface area contributed by atoms with E-state index in [1.54, 1.807) is 0 Å². The van der Waals surface area contributed by atoms with Gasteiger partial charge in [0.05, 0.1) is 19.3 Å². The van der Waals surface area contributed by atoms with Crippen molar-refractivity contribution in [3.05, 3.63) is 0 Å². The summed E-state index contributed by atoms with van der Waals surface area (Å²) in [6, 6.07) is 0. The molecule has 0 spiro atoms. The van der Waals surface area contributed by atoms with Gasteiger partial charge in [0.25, 0.3) is 0 Å². The summed E-state index contributed by atoms with van der Waals surface area (Å²) in [4.78, 5) is 0. The van der Waals surface area contributed by atoms with Crippen LogP contribution in [0.4, 0.5) is 0 Å². The molecule has 0 saturated carbocycles. The Bertz CT molecular complexity index is 55.0. The van der Waals surface area contributed by atoms with Gasteiger partial charge in [-0.05, 0) is 6.42 Å². The molecule has 0 amide bonds. The average Bonchev–Trinajstić information content (AvgIpc) is 1.91. The summed E-state index contributed by atoms with van der Waals surface area (Å²) in [6.07, 6.45) is 1.25. The summed E-state index contributed by atoms with van der Waals surface area (Å²) in [5.41, 5.74) is 0. The minimum Gasteiger partial charge on any atom is -0.394 e. The number of hydrogen-bond donors (Lipinski definition) is 1. The highest BCUT2D eigenvalue weighted by molar-refractivity contribution is 9.09. The second-order valence-corrected chi connectivity index (χ2v) is 2.43. The monoisotopic (exact) mass is 196 g/mol. The fraction of sp³-hybridized carbons (Fsp3) is 1.00. The van der Waals surface area contributed by atoms with E-state index in [0.717, 1.165) is 11.8 Å². The molecule has 9 heavy (non-hydrogen) atoms. The zero-order valence-electron chi connectivity index (χ0n) is 5.64. The van der Waals surface area contributed by atoms with Gasteiger partial charge in [-0.15, -0.1) is 0 Å². The molecule has 1 unspecified atom stereocenters. The van der Waals surface area contributed by atoms with Gasteiger partial charge in [-0.25, -0.2) is 0 Å². The van der Waals surface area contributed by atoms with Crippen LogP contribution < -0.4 is 0 Å². The fourth-order valence-corrected chi connectivity index (χ4v) is 1.14. The predicted molar refractivity (Wildman–Crippen MR) is 40.9 cm³/mol. The zero-order chi connectivity index (χ0) is 7.11. The standard InChI is InChI=1S/C6H13BrO2/c1-2-6(5-7)9-4-3-8/h6,8H,2-5H2,1H3. The first-order chi connectivity index (χ1) is 4.35. The van der Waals surface area contributed by atoms with Crippen molar-refractivity contribution in [3.8, 4) is 0 Å². The van der Waals surface area contributed by atoms with Crippen molar-refractivity contribution in [2.24, 2.45) is 0 Å². The summed E-state index contributed by atoms with van der Waals surface area (Å²) in [5, 5.41) is 9.22. The van der Waals surface area contributed by atoms with Gasteiger partial charge in [-0.3, -0.25) is 0 Å². The number of hydrogen-bond acceptors (Lipinski definition) is 2. The molecular weight excluding hydrogens is 184 g/mol. The van der Waals surface area contributed by atoms with Crippen LogP contribution >= 0.6 is 15.9 Å². The van der Waals surface area contributed by atoms with E-state index in [9.17, 15) is 0 Å². The number of alkyl halides is 1. The van der Waals surface area contributed by atoms with Crippen molar-refractivity contribution in [2.75, 3.05) is 18.5 Å². The van der Waals surface area contributed by atoms with Crippen LogP contribution in [-0.4, -0.2) is 29.8 Å². The van der Waals surface area contributed by atoms with Crippen molar-refractivity contribution >= 4 is 15.9 Å². The summed E-state index contributed by atoms with van der Waals surface area (Å²) in [7, 11) is 0. The summed E-state index contributed by atoms with van der Waals surface area (Å²) >= 11 is 3.30. The van der Waals surface area contributed by atoms with E-state index in [-0.39, 0.29) is 12.7 Å². The third-order valence-corrected chi connectivity index (χ3v) is 1.79. The van der Waals surface area contributed by atoms with Gasteiger partial charge < -0.3 is 9.84 Å². The van der Waals surface area contributed by atoms with Crippen LogP contribution in [-0.2, 0) is 4.74 Å². The van der Waals surface area contributed by atoms with Crippen LogP contribution in [0.1, 0.15) is 13.3 Å². The number of halogens is 1. The molecule has 3 heteroatoms. The van der Waals surface area contributed by atoms with Crippen molar-refractivity contribution in [3.63, 3.8) is 0 Å². The van der Waals surface area contributed by atoms with Crippen LogP contribution in [0.3, 0.4) is 0 Å². The third-order valence-electron chi connectivity index (χ3n) is 1.07. The molecule has 0 rings (SSSR count). The summed E-state index contributed by atoms with van der Waals surface area (Å²) < 4.78 is 5.19. The third kappa shape index (κ3) is 4.88. The summed E-state index contributed by atoms with van der Waals surface area (Å²) in [6.45, 7) is 2.62. The van der Waals surface area contributed by atoms with Crippen LogP contribution in [0.25, 0.3) is 0 Å². The van der Waals surface area contributed by atoms with Crippen LogP contribution in [0.15, 0.2) is 0 Å². The molecule has 0 fully saturated rings. The van der Waals surface area contributed by atoms with Crippen molar-refractivity contribution in [1.82, 2.24) is 0 Å². The maximum Gasteiger partial charge on any atom is 0.0701 e. The SMILES string of the molecule is CCC(CBr)OCCO. The average molecular weight is 197 g/mol. The first-order valence-electron chi connectivity index (χ1n) is 3.13. The van der Waals surface area contributed by atoms with E-state index in [1.165, 1.54) is 0 Å². The molecule has 1 atom stereocenters. The number of ether oxygens (including phenoxy) is 1. The van der Waals surface area contributed by atoms with Gasteiger partial charge in [0.2, 0.25) is 0 Å². The summed E-state index contributed by atoms with van der Waals surface area (Å²) in [5.74, 6) is 0. The van der Waals surface area contributed by atoms with Gasteiger partial charge in [0.1, 0.15) is 0 Å². The molecule has 1 N–H and O–H groups in total. The Morgan fingerprint density at radius 1 is 1.67 bits per heavy atom. The lowest BCUT2D eigenvalue weighted by molar-refractivity contribution is 0.0406. The Labute approximate surface area is 64.3 Å². The molecule has 0 bridgehead atoms. The zero-order valence-corrected chi connectivity index (χ0v) is 7.23. The molecule has 0 aliphatic heterocycles. The molecule has 0 aromatic carbocycles. The smallest absolute Gasteiger partial charge is 0.0701 e. The molecule has 0 aromatic rings. The van der Waals surface area contributed by atoms with Gasteiger partial charge >= 0.3 is 0 Å². The quantitative estimate of drug-likeness (QED) is 0.670. The maximum atomic E-state index is 8.37. The van der Waals surface area contributed by atoms with Crippen molar-refractivity contribution in [2.45, 2.75) is 19.4 Å². The number of aliphatic hydroxyl groups is 1. The Morgan fingerprint density at radius 2 is 2.33 bits per heavy atom. The first kappa shape index (κ1) is 9.40. The molecular formula is C6H13BrO2. The van der Waals surface area contributed by atoms with Crippen molar-refractivity contribution < 1.29 is 9.84 Å². The van der Waals surface area contributed by atoms with Crippen molar-refractivity contribution in [1.29, 1.82) is 0 Å². The first-order valence-corrected chi connectivity index (χ1v) is 4.25. The van der Waals surface area contributed by atoms with Gasteiger partial charge in [-0.1, -0.05) is 22.9 Å². The predicted octanol–water partition coefficient (Wildman–Crippen LogP) is 1.17. The molecule has 56 valence electrons. The minimum absolute atomic E-state index is 0.115. The van der Waals surface area contributed by atoms with E-state index in [2.05, 4.69) is 22.9 Å². The maximum absolute atomic E-state index is 8.37. The van der Waals surface area contributed by atoms with E-state index < -0.39 is 0 Å². The van der Waals surface area contributed by atoms with Crippen LogP contribution in [0, 0.1) is 0 Å². The normalized spacial score (nSPS) is 13.7. The van der Waals surface area contributed by atoms with Gasteiger partial charge in [-0.2, -0.15) is 0 Å². The fourth-order valence-electron chi connectivity index (χ4n) is 0.491. The van der Waals surface area contributed by atoms with Gasteiger partial charge in [0.15, 0.2) is 0 Å². The number of rotatable bonds is 5. The molecule has 0 saturated heterocycles. The van der Waals surface area contributed by atoms with Gasteiger partial charge in [0, 0.05) is 5.33 Å². The molecule has 0 aromatic heterocycles. The highest BCUT2D eigenvalue weighted by atomic mass is 79.9. The van der Waals surface area contributed by atoms with Crippen LogP contribution in [0.2, 0.25) is 0 Å². The largest absolute Gasteiger partial charge is 0.394 e. The Balaban J connectivity index is 3.09. The van der Waals surface area contributed by atoms with Crippen LogP contribution in [0.5, 0.6) is 0 Å². The minimum atomic E-state index is 0.115. The van der Waals surface area contributed by atoms with E-state index >= 15 is 0 Å². The molecule has 0 aliphatic carbocycles. The number of aliphatic hydroxyl groups excluding tert-OH is 1. The molecule has 0 aliphatic rings. The Morgan fingerprint density at radius 3 is 2.67 bits per heavy atom. The molecule has 2 nitrogen and oxygen atoms in total. The molecule has 0 heterocycles. The second kappa shape index (κ2) is 6.52. The second-order valence-electron chi connectivity index (χ2n) is 1.78. The van der Waals surface area contributed by atoms with E-state index in [1.807, 2.05) is 0 Å². The highest BCUT2D eigenvalue weighted by Crippen LogP contribution is 2.00.